The van der Waals surface area contributed by atoms with E-state index in [0.29, 0.717) is 13.1 Å². The Morgan fingerprint density at radius 2 is 1.94 bits per heavy atom. The number of amides is 1. The Labute approximate surface area is 198 Å². The standard InChI is InChI=1S/C28H37N3O2/c1-23(25-14-9-12-24-11-5-6-13-26(24)25)29-16-8-4-7-15-28(2,3)27(32)30-17-10-18-31-19-21-33-22-20-31/h4-6,8-9,11-14,23,29H,10,16-22H2,1-3H3,(H,30,32)/b8-4+/t23-/m1/s1. The molecule has 0 spiro atoms. The predicted molar refractivity (Wildman–Crippen MR) is 136 cm³/mol. The van der Waals surface area contributed by atoms with Gasteiger partial charge in [0.25, 0.3) is 0 Å². The van der Waals surface area contributed by atoms with Crippen LogP contribution in [0.4, 0.5) is 0 Å². The molecule has 0 aliphatic carbocycles. The van der Waals surface area contributed by atoms with Crippen LogP contribution in [-0.4, -0.2) is 56.7 Å². The van der Waals surface area contributed by atoms with Gasteiger partial charge in [0, 0.05) is 32.2 Å². The second-order valence-electron chi connectivity index (χ2n) is 9.06. The van der Waals surface area contributed by atoms with E-state index in [4.69, 9.17) is 4.74 Å². The van der Waals surface area contributed by atoms with Crippen LogP contribution in [-0.2, 0) is 9.53 Å². The van der Waals surface area contributed by atoms with E-state index in [9.17, 15) is 4.79 Å². The smallest absolute Gasteiger partial charge is 0.237 e. The zero-order chi connectivity index (χ0) is 23.5. The van der Waals surface area contributed by atoms with Gasteiger partial charge >= 0.3 is 0 Å². The van der Waals surface area contributed by atoms with Crippen molar-refractivity contribution in [1.82, 2.24) is 15.5 Å². The molecule has 1 saturated heterocycles. The molecule has 3 rings (SSSR count). The first-order valence-electron chi connectivity index (χ1n) is 11.9. The van der Waals surface area contributed by atoms with Gasteiger partial charge in [-0.1, -0.05) is 60.4 Å². The fourth-order valence-corrected chi connectivity index (χ4v) is 3.93. The van der Waals surface area contributed by atoms with Crippen molar-refractivity contribution in [1.29, 1.82) is 0 Å². The number of carbonyl (C=O) groups is 1. The molecule has 33 heavy (non-hydrogen) atoms. The van der Waals surface area contributed by atoms with E-state index in [2.05, 4.69) is 76.8 Å². The van der Waals surface area contributed by atoms with Crippen molar-refractivity contribution >= 4 is 16.7 Å². The van der Waals surface area contributed by atoms with Crippen LogP contribution in [0.5, 0.6) is 0 Å². The van der Waals surface area contributed by atoms with Crippen molar-refractivity contribution in [2.24, 2.45) is 5.41 Å². The van der Waals surface area contributed by atoms with Crippen molar-refractivity contribution in [2.75, 3.05) is 45.9 Å². The van der Waals surface area contributed by atoms with Crippen molar-refractivity contribution in [3.63, 3.8) is 0 Å². The molecule has 1 heterocycles. The number of allylic oxidation sites excluding steroid dienone is 1. The molecule has 176 valence electrons. The highest BCUT2D eigenvalue weighted by atomic mass is 16.5. The predicted octanol–water partition coefficient (Wildman–Crippen LogP) is 3.91. The second kappa shape index (κ2) is 12.6. The molecule has 2 N–H and O–H groups in total. The number of nitrogens with zero attached hydrogens (tertiary/aromatic N) is 1. The fraction of sp³-hybridized carbons (Fsp3) is 0.464. The number of ether oxygens (including phenoxy) is 1. The summed E-state index contributed by atoms with van der Waals surface area (Å²) in [6.45, 7) is 11.9. The van der Waals surface area contributed by atoms with Crippen LogP contribution < -0.4 is 10.6 Å². The molecule has 5 nitrogen and oxygen atoms in total. The summed E-state index contributed by atoms with van der Waals surface area (Å²) < 4.78 is 5.36. The number of fused-ring (bicyclic) bond motifs is 1. The Morgan fingerprint density at radius 1 is 1.18 bits per heavy atom. The average molecular weight is 448 g/mol. The minimum Gasteiger partial charge on any atom is -0.379 e. The van der Waals surface area contributed by atoms with Crippen molar-refractivity contribution in [3.05, 3.63) is 60.2 Å². The van der Waals surface area contributed by atoms with Crippen LogP contribution in [0.2, 0.25) is 0 Å². The largest absolute Gasteiger partial charge is 0.379 e. The molecule has 0 radical (unpaired) electrons. The van der Waals surface area contributed by atoms with Crippen LogP contribution in [0.25, 0.3) is 10.8 Å². The number of hydrogen-bond donors (Lipinski definition) is 2. The molecule has 1 fully saturated rings. The van der Waals surface area contributed by atoms with Gasteiger partial charge in [-0.3, -0.25) is 9.69 Å². The zero-order valence-electron chi connectivity index (χ0n) is 20.2. The molecule has 1 aliphatic heterocycles. The maximum absolute atomic E-state index is 12.5. The normalized spacial score (nSPS) is 15.8. The molecule has 0 saturated carbocycles. The summed E-state index contributed by atoms with van der Waals surface area (Å²) in [5, 5.41) is 9.09. The lowest BCUT2D eigenvalue weighted by molar-refractivity contribution is -0.126. The van der Waals surface area contributed by atoms with Gasteiger partial charge < -0.3 is 15.4 Å². The Bertz CT molecular complexity index is 992. The highest BCUT2D eigenvalue weighted by Gasteiger charge is 2.24. The molecule has 0 unspecified atom stereocenters. The molecular weight excluding hydrogens is 410 g/mol. The van der Waals surface area contributed by atoms with Gasteiger partial charge in [-0.25, -0.2) is 0 Å². The first-order chi connectivity index (χ1) is 16.0. The van der Waals surface area contributed by atoms with Crippen molar-refractivity contribution in [3.8, 4) is 11.8 Å². The Kier molecular flexibility index (Phi) is 9.50. The number of rotatable bonds is 9. The Balaban J connectivity index is 1.39. The molecule has 2 aromatic carbocycles. The number of nitrogens with one attached hydrogen (secondary N) is 2. The van der Waals surface area contributed by atoms with E-state index in [1.54, 1.807) is 0 Å². The summed E-state index contributed by atoms with van der Waals surface area (Å²) in [6.07, 6.45) is 4.77. The van der Waals surface area contributed by atoms with Crippen molar-refractivity contribution in [2.45, 2.75) is 33.2 Å². The summed E-state index contributed by atoms with van der Waals surface area (Å²) in [5.41, 5.74) is 0.575. The Morgan fingerprint density at radius 3 is 2.76 bits per heavy atom. The lowest BCUT2D eigenvalue weighted by Crippen LogP contribution is -2.40. The number of morpholine rings is 1. The quantitative estimate of drug-likeness (QED) is 0.452. The van der Waals surface area contributed by atoms with Gasteiger partial charge in [0.2, 0.25) is 5.91 Å². The van der Waals surface area contributed by atoms with Gasteiger partial charge in [0.05, 0.1) is 13.2 Å². The zero-order valence-corrected chi connectivity index (χ0v) is 20.2. The molecule has 1 atom stereocenters. The van der Waals surface area contributed by atoms with Crippen LogP contribution in [0.15, 0.2) is 54.6 Å². The van der Waals surface area contributed by atoms with Gasteiger partial charge in [-0.2, -0.15) is 0 Å². The second-order valence-corrected chi connectivity index (χ2v) is 9.06. The van der Waals surface area contributed by atoms with E-state index in [-0.39, 0.29) is 11.9 Å². The third-order valence-corrected chi connectivity index (χ3v) is 6.03. The number of hydrogen-bond acceptors (Lipinski definition) is 4. The molecule has 0 aromatic heterocycles. The molecule has 1 aliphatic rings. The molecule has 1 amide bonds. The van der Waals surface area contributed by atoms with Gasteiger partial charge in [-0.05, 0) is 56.1 Å². The maximum Gasteiger partial charge on any atom is 0.237 e. The first kappa shape index (κ1) is 25.0. The summed E-state index contributed by atoms with van der Waals surface area (Å²) in [6, 6.07) is 15.1. The van der Waals surface area contributed by atoms with Crippen LogP contribution in [0.3, 0.4) is 0 Å². The SMILES string of the molecule is C[C@@H](NC/C=C/C#CC(C)(C)C(=O)NCCCN1CCOCC1)c1cccc2ccccc12. The van der Waals surface area contributed by atoms with Gasteiger partial charge in [0.15, 0.2) is 0 Å². The van der Waals surface area contributed by atoms with Gasteiger partial charge in [0.1, 0.15) is 5.41 Å². The van der Waals surface area contributed by atoms with E-state index in [1.165, 1.54) is 16.3 Å². The van der Waals surface area contributed by atoms with Crippen LogP contribution >= 0.6 is 0 Å². The first-order valence-corrected chi connectivity index (χ1v) is 11.9. The molecule has 5 heteroatoms. The van der Waals surface area contributed by atoms with E-state index < -0.39 is 5.41 Å². The lowest BCUT2D eigenvalue weighted by atomic mass is 9.93. The third-order valence-electron chi connectivity index (χ3n) is 6.03. The highest BCUT2D eigenvalue weighted by Crippen LogP contribution is 2.23. The minimum atomic E-state index is -0.715. The molecule has 2 aromatic rings. The number of benzene rings is 2. The van der Waals surface area contributed by atoms with Crippen LogP contribution in [0.1, 0.15) is 38.8 Å². The summed E-state index contributed by atoms with van der Waals surface area (Å²) in [4.78, 5) is 14.9. The average Bonchev–Trinajstić information content (AvgIpc) is 2.84. The molecular formula is C28H37N3O2. The van der Waals surface area contributed by atoms with Crippen molar-refractivity contribution < 1.29 is 9.53 Å². The molecule has 0 bridgehead atoms. The lowest BCUT2D eigenvalue weighted by Gasteiger charge is -2.26. The summed E-state index contributed by atoms with van der Waals surface area (Å²) >= 11 is 0. The van der Waals surface area contributed by atoms with Crippen LogP contribution in [0, 0.1) is 17.3 Å². The van der Waals surface area contributed by atoms with Gasteiger partial charge in [-0.15, -0.1) is 0 Å². The monoisotopic (exact) mass is 447 g/mol. The highest BCUT2D eigenvalue weighted by molar-refractivity contribution is 5.86. The summed E-state index contributed by atoms with van der Waals surface area (Å²) in [7, 11) is 0. The fourth-order valence-electron chi connectivity index (χ4n) is 3.93. The maximum atomic E-state index is 12.5. The van der Waals surface area contributed by atoms with E-state index >= 15 is 0 Å². The topological polar surface area (TPSA) is 53.6 Å². The number of carbonyl (C=O) groups excluding carboxylic acids is 1. The van der Waals surface area contributed by atoms with E-state index in [1.807, 2.05) is 26.0 Å². The third kappa shape index (κ3) is 7.71. The summed E-state index contributed by atoms with van der Waals surface area (Å²) in [5.74, 6) is 6.11. The Hall–Kier alpha value is -2.65. The minimum absolute atomic E-state index is 0.0203. The van der Waals surface area contributed by atoms with E-state index in [0.717, 1.165) is 39.3 Å².